The lowest BCUT2D eigenvalue weighted by atomic mass is 10.1. The van der Waals surface area contributed by atoms with Crippen molar-refractivity contribution in [3.8, 4) is 16.9 Å². The van der Waals surface area contributed by atoms with Gasteiger partial charge in [-0.1, -0.05) is 36.4 Å². The van der Waals surface area contributed by atoms with E-state index in [1.165, 1.54) is 16.0 Å². The minimum absolute atomic E-state index is 0.0579. The van der Waals surface area contributed by atoms with Gasteiger partial charge in [0, 0.05) is 12.6 Å². The lowest BCUT2D eigenvalue weighted by molar-refractivity contribution is 0.594. The summed E-state index contributed by atoms with van der Waals surface area (Å²) in [5, 5.41) is 4.48. The molecule has 0 saturated carbocycles. The number of hydrogen-bond acceptors (Lipinski definition) is 4. The van der Waals surface area contributed by atoms with E-state index in [1.807, 2.05) is 42.5 Å². The van der Waals surface area contributed by atoms with Crippen LogP contribution in [-0.2, 0) is 10.0 Å². The second-order valence-corrected chi connectivity index (χ2v) is 7.21. The van der Waals surface area contributed by atoms with Crippen molar-refractivity contribution in [3.63, 3.8) is 0 Å². The van der Waals surface area contributed by atoms with Crippen LogP contribution in [0.5, 0.6) is 0 Å². The van der Waals surface area contributed by atoms with Crippen molar-refractivity contribution in [2.45, 2.75) is 4.90 Å². The first kappa shape index (κ1) is 13.8. The zero-order chi connectivity index (χ0) is 16.2. The molecular weight excluding hydrogens is 312 g/mol. The molecule has 116 valence electrons. The molecule has 1 aliphatic heterocycles. The summed E-state index contributed by atoms with van der Waals surface area (Å²) in [5.41, 5.74) is 8.60. The van der Waals surface area contributed by atoms with Gasteiger partial charge >= 0.3 is 0 Å². The molecule has 3 aromatic rings. The van der Waals surface area contributed by atoms with Crippen LogP contribution in [0, 0.1) is 0 Å². The van der Waals surface area contributed by atoms with Crippen molar-refractivity contribution < 1.29 is 8.42 Å². The number of sulfonamides is 1. The molecular formula is C16H14N4O2S. The predicted molar refractivity (Wildman–Crippen MR) is 89.0 cm³/mol. The monoisotopic (exact) mass is 326 g/mol. The van der Waals surface area contributed by atoms with Gasteiger partial charge in [0.1, 0.15) is 11.5 Å². The number of nitrogens with zero attached hydrogens (tertiary/aromatic N) is 3. The van der Waals surface area contributed by atoms with Crippen molar-refractivity contribution in [2.75, 3.05) is 17.1 Å². The standard InChI is InChI=1S/C16H14N4O2S/c1-19-13-10-6-5-9-12(13)14-15(23(19,21)22)16(17)20(18-14)11-7-3-2-4-8-11/h2-10H,17H2,1H3. The molecule has 0 radical (unpaired) electrons. The van der Waals surface area contributed by atoms with Crippen LogP contribution in [-0.4, -0.2) is 25.2 Å². The molecule has 0 saturated heterocycles. The number of benzene rings is 2. The van der Waals surface area contributed by atoms with E-state index >= 15 is 0 Å². The number of aromatic nitrogens is 2. The summed E-state index contributed by atoms with van der Waals surface area (Å²) in [7, 11) is -2.20. The van der Waals surface area contributed by atoms with Gasteiger partial charge in [-0.15, -0.1) is 0 Å². The van der Waals surface area contributed by atoms with Gasteiger partial charge in [0.2, 0.25) is 0 Å². The summed E-state index contributed by atoms with van der Waals surface area (Å²) in [6, 6.07) is 16.5. The molecule has 0 atom stereocenters. The lowest BCUT2D eigenvalue weighted by Crippen LogP contribution is -2.30. The highest BCUT2D eigenvalue weighted by molar-refractivity contribution is 7.93. The average Bonchev–Trinajstić information content (AvgIpc) is 2.92. The third-order valence-corrected chi connectivity index (χ3v) is 5.83. The fourth-order valence-electron chi connectivity index (χ4n) is 2.83. The number of para-hydroxylation sites is 2. The Kier molecular flexibility index (Phi) is 2.76. The van der Waals surface area contributed by atoms with E-state index in [1.54, 1.807) is 12.1 Å². The van der Waals surface area contributed by atoms with Crippen LogP contribution in [0.2, 0.25) is 0 Å². The number of nitrogens with two attached hydrogens (primary N) is 1. The highest BCUT2D eigenvalue weighted by Crippen LogP contribution is 2.44. The van der Waals surface area contributed by atoms with Gasteiger partial charge in [0.15, 0.2) is 4.90 Å². The first-order valence-electron chi connectivity index (χ1n) is 7.04. The van der Waals surface area contributed by atoms with Gasteiger partial charge in [-0.2, -0.15) is 5.10 Å². The molecule has 0 fully saturated rings. The maximum atomic E-state index is 12.8. The van der Waals surface area contributed by atoms with Crippen molar-refractivity contribution in [1.29, 1.82) is 0 Å². The number of fused-ring (bicyclic) bond motifs is 3. The molecule has 0 amide bonds. The number of nitrogen functional groups attached to an aromatic ring is 1. The van der Waals surface area contributed by atoms with Crippen LogP contribution in [0.4, 0.5) is 11.5 Å². The molecule has 4 rings (SSSR count). The number of anilines is 2. The molecule has 1 aromatic heterocycles. The third-order valence-electron chi connectivity index (χ3n) is 3.99. The molecule has 0 aliphatic carbocycles. The van der Waals surface area contributed by atoms with E-state index < -0.39 is 10.0 Å². The van der Waals surface area contributed by atoms with Crippen LogP contribution >= 0.6 is 0 Å². The Labute approximate surface area is 133 Å². The summed E-state index contributed by atoms with van der Waals surface area (Å²) >= 11 is 0. The Morgan fingerprint density at radius 3 is 2.39 bits per heavy atom. The molecule has 1 aliphatic rings. The minimum Gasteiger partial charge on any atom is -0.382 e. The minimum atomic E-state index is -3.73. The molecule has 0 bridgehead atoms. The van der Waals surface area contributed by atoms with E-state index in [2.05, 4.69) is 5.10 Å². The molecule has 2 heterocycles. The first-order chi connectivity index (χ1) is 11.0. The van der Waals surface area contributed by atoms with E-state index in [4.69, 9.17) is 5.73 Å². The Morgan fingerprint density at radius 1 is 1.00 bits per heavy atom. The van der Waals surface area contributed by atoms with Gasteiger partial charge in [0.05, 0.1) is 11.4 Å². The quantitative estimate of drug-likeness (QED) is 0.744. The fraction of sp³-hybridized carbons (Fsp3) is 0.0625. The fourth-order valence-corrected chi connectivity index (χ4v) is 4.27. The molecule has 23 heavy (non-hydrogen) atoms. The van der Waals surface area contributed by atoms with E-state index in [-0.39, 0.29) is 10.7 Å². The molecule has 6 nitrogen and oxygen atoms in total. The summed E-state index contributed by atoms with van der Waals surface area (Å²) in [5.74, 6) is 0.118. The van der Waals surface area contributed by atoms with Gasteiger partial charge < -0.3 is 5.73 Å². The highest BCUT2D eigenvalue weighted by Gasteiger charge is 2.38. The van der Waals surface area contributed by atoms with Gasteiger partial charge in [0.25, 0.3) is 10.0 Å². The van der Waals surface area contributed by atoms with Crippen molar-refractivity contribution in [1.82, 2.24) is 9.78 Å². The number of rotatable bonds is 1. The van der Waals surface area contributed by atoms with Gasteiger partial charge in [-0.05, 0) is 18.2 Å². The smallest absolute Gasteiger partial charge is 0.270 e. The first-order valence-corrected chi connectivity index (χ1v) is 8.48. The molecule has 0 spiro atoms. The van der Waals surface area contributed by atoms with Crippen LogP contribution in [0.15, 0.2) is 59.5 Å². The second kappa shape index (κ2) is 4.60. The average molecular weight is 326 g/mol. The van der Waals surface area contributed by atoms with Crippen LogP contribution in [0.3, 0.4) is 0 Å². The Bertz CT molecular complexity index is 1010. The van der Waals surface area contributed by atoms with Crippen LogP contribution < -0.4 is 10.0 Å². The molecule has 2 N–H and O–H groups in total. The normalized spacial score (nSPS) is 15.1. The summed E-state index contributed by atoms with van der Waals surface area (Å²) in [6.07, 6.45) is 0. The van der Waals surface area contributed by atoms with Crippen LogP contribution in [0.1, 0.15) is 0 Å². The summed E-state index contributed by atoms with van der Waals surface area (Å²) in [6.45, 7) is 0. The van der Waals surface area contributed by atoms with Crippen LogP contribution in [0.25, 0.3) is 16.9 Å². The van der Waals surface area contributed by atoms with Crippen molar-refractivity contribution >= 4 is 21.5 Å². The summed E-state index contributed by atoms with van der Waals surface area (Å²) in [4.78, 5) is 0.0579. The molecule has 0 unspecified atom stereocenters. The van der Waals surface area contributed by atoms with Crippen molar-refractivity contribution in [2.24, 2.45) is 0 Å². The second-order valence-electron chi connectivity index (χ2n) is 5.30. The third kappa shape index (κ3) is 1.80. The molecule has 7 heteroatoms. The topological polar surface area (TPSA) is 81.2 Å². The van der Waals surface area contributed by atoms with E-state index in [0.717, 1.165) is 11.3 Å². The maximum Gasteiger partial charge on any atom is 0.270 e. The maximum absolute atomic E-state index is 12.8. The highest BCUT2D eigenvalue weighted by atomic mass is 32.2. The largest absolute Gasteiger partial charge is 0.382 e. The SMILES string of the molecule is CN1c2ccccc2-c2nn(-c3ccccc3)c(N)c2S1(=O)=O. The van der Waals surface area contributed by atoms with Gasteiger partial charge in [-0.3, -0.25) is 4.31 Å². The molecule has 2 aromatic carbocycles. The zero-order valence-corrected chi connectivity index (χ0v) is 13.2. The van der Waals surface area contributed by atoms with Gasteiger partial charge in [-0.25, -0.2) is 13.1 Å². The predicted octanol–water partition coefficient (Wildman–Crippen LogP) is 2.26. The summed E-state index contributed by atoms with van der Waals surface area (Å²) < 4.78 is 28.4. The van der Waals surface area contributed by atoms with E-state index in [9.17, 15) is 8.42 Å². The zero-order valence-electron chi connectivity index (χ0n) is 12.3. The van der Waals surface area contributed by atoms with Crippen molar-refractivity contribution in [3.05, 3.63) is 54.6 Å². The number of hydrogen-bond donors (Lipinski definition) is 1. The Morgan fingerprint density at radius 2 is 1.65 bits per heavy atom. The Balaban J connectivity index is 2.08. The Hall–Kier alpha value is -2.80. The lowest BCUT2D eigenvalue weighted by Gasteiger charge is -2.26. The van der Waals surface area contributed by atoms with E-state index in [0.29, 0.717) is 11.4 Å².